The van der Waals surface area contributed by atoms with E-state index >= 15 is 0 Å². The maximum absolute atomic E-state index is 12.3. The van der Waals surface area contributed by atoms with E-state index in [1.807, 2.05) is 6.92 Å². The van der Waals surface area contributed by atoms with Crippen molar-refractivity contribution in [2.75, 3.05) is 11.9 Å². The topological polar surface area (TPSA) is 84.0 Å². The van der Waals surface area contributed by atoms with Crippen molar-refractivity contribution < 1.29 is 19.6 Å². The van der Waals surface area contributed by atoms with Gasteiger partial charge in [-0.15, -0.1) is 0 Å². The van der Waals surface area contributed by atoms with E-state index in [1.54, 1.807) is 24.3 Å². The number of piperidine rings is 1. The smallest absolute Gasteiger partial charge is 0.313 e. The van der Waals surface area contributed by atoms with E-state index in [0.29, 0.717) is 12.3 Å². The molecule has 0 bridgehead atoms. The van der Waals surface area contributed by atoms with Crippen LogP contribution in [-0.2, 0) is 9.59 Å². The van der Waals surface area contributed by atoms with Gasteiger partial charge in [-0.3, -0.25) is 9.59 Å². The van der Waals surface area contributed by atoms with E-state index in [-0.39, 0.29) is 17.1 Å². The van der Waals surface area contributed by atoms with E-state index in [9.17, 15) is 9.59 Å². The van der Waals surface area contributed by atoms with Gasteiger partial charge < -0.3 is 20.7 Å². The molecule has 26 heavy (non-hydrogen) atoms. The van der Waals surface area contributed by atoms with Crippen LogP contribution in [-0.4, -0.2) is 35.5 Å². The molecule has 1 fully saturated rings. The number of nitrogens with one attached hydrogen (secondary N) is 2. The van der Waals surface area contributed by atoms with Gasteiger partial charge in [-0.25, -0.2) is 0 Å². The Morgan fingerprint density at radius 1 is 1.08 bits per heavy atom. The first kappa shape index (κ1) is 20.2. The zero-order valence-corrected chi connectivity index (χ0v) is 16.5. The predicted molar refractivity (Wildman–Crippen MR) is 102 cm³/mol. The van der Waals surface area contributed by atoms with Crippen molar-refractivity contribution in [3.8, 4) is 5.75 Å². The standard InChI is InChI=1S/C20H31N3O3/c1-6-11-26-16-9-7-14(8-10-16)21-17(24)18(25)22-15-12-19(2,3)23-20(4,5)13-15/h7-10,15,23H,6,11-13H2,1-5H3,(H,21,24)(H,22,25)/p+1. The third-order valence-electron chi connectivity index (χ3n) is 4.45. The second-order valence-electron chi connectivity index (χ2n) is 8.53. The minimum absolute atomic E-state index is 0.00642. The van der Waals surface area contributed by atoms with E-state index in [1.165, 1.54) is 0 Å². The van der Waals surface area contributed by atoms with Gasteiger partial charge in [-0.1, -0.05) is 6.92 Å². The summed E-state index contributed by atoms with van der Waals surface area (Å²) in [6.07, 6.45) is 2.60. The third-order valence-corrected chi connectivity index (χ3v) is 4.45. The maximum Gasteiger partial charge on any atom is 0.313 e. The molecule has 6 nitrogen and oxygen atoms in total. The maximum atomic E-state index is 12.3. The molecule has 144 valence electrons. The summed E-state index contributed by atoms with van der Waals surface area (Å²) in [6.45, 7) is 11.3. The molecule has 0 spiro atoms. The van der Waals surface area contributed by atoms with E-state index in [2.05, 4.69) is 43.6 Å². The highest BCUT2D eigenvalue weighted by Gasteiger charge is 2.42. The summed E-state index contributed by atoms with van der Waals surface area (Å²) in [5.74, 6) is -0.482. The molecule has 1 aromatic carbocycles. The van der Waals surface area contributed by atoms with Gasteiger partial charge >= 0.3 is 11.8 Å². The highest BCUT2D eigenvalue weighted by Crippen LogP contribution is 2.22. The third kappa shape index (κ3) is 6.02. The van der Waals surface area contributed by atoms with Crippen molar-refractivity contribution in [1.82, 2.24) is 5.32 Å². The fraction of sp³-hybridized carbons (Fsp3) is 0.600. The monoisotopic (exact) mass is 362 g/mol. The largest absolute Gasteiger partial charge is 0.494 e. The van der Waals surface area contributed by atoms with Crippen LogP contribution >= 0.6 is 0 Å². The minimum atomic E-state index is -0.641. The SMILES string of the molecule is CCCOc1ccc(NC(=O)C(=O)NC2CC(C)(C)[NH2+]C(C)(C)C2)cc1. The lowest BCUT2D eigenvalue weighted by molar-refractivity contribution is -0.787. The first-order valence-electron chi connectivity index (χ1n) is 9.32. The Kier molecular flexibility index (Phi) is 6.29. The zero-order chi connectivity index (χ0) is 19.4. The van der Waals surface area contributed by atoms with Crippen LogP contribution in [0.4, 0.5) is 5.69 Å². The van der Waals surface area contributed by atoms with Gasteiger partial charge in [0.05, 0.1) is 17.7 Å². The van der Waals surface area contributed by atoms with Crippen LogP contribution in [0.5, 0.6) is 5.75 Å². The molecule has 0 atom stereocenters. The van der Waals surface area contributed by atoms with Crippen LogP contribution in [0.25, 0.3) is 0 Å². The number of rotatable bonds is 5. The van der Waals surface area contributed by atoms with Crippen molar-refractivity contribution in [2.45, 2.75) is 71.0 Å². The van der Waals surface area contributed by atoms with Crippen LogP contribution in [0.15, 0.2) is 24.3 Å². The van der Waals surface area contributed by atoms with Crippen molar-refractivity contribution in [3.63, 3.8) is 0 Å². The molecule has 0 aliphatic carbocycles. The second kappa shape index (κ2) is 8.08. The molecule has 0 aromatic heterocycles. The Balaban J connectivity index is 1.90. The average molecular weight is 362 g/mol. The summed E-state index contributed by atoms with van der Waals surface area (Å²) >= 11 is 0. The molecule has 1 aliphatic heterocycles. The van der Waals surface area contributed by atoms with Gasteiger partial charge in [-0.05, 0) is 58.4 Å². The number of carbonyl (C=O) groups excluding carboxylic acids is 2. The van der Waals surface area contributed by atoms with Crippen molar-refractivity contribution >= 4 is 17.5 Å². The highest BCUT2D eigenvalue weighted by molar-refractivity contribution is 6.39. The summed E-state index contributed by atoms with van der Waals surface area (Å²) < 4.78 is 5.51. The number of ether oxygens (including phenoxy) is 1. The van der Waals surface area contributed by atoms with Crippen LogP contribution in [0, 0.1) is 0 Å². The molecule has 4 N–H and O–H groups in total. The molecule has 1 aliphatic rings. The van der Waals surface area contributed by atoms with Crippen molar-refractivity contribution in [3.05, 3.63) is 24.3 Å². The number of hydrogen-bond donors (Lipinski definition) is 3. The van der Waals surface area contributed by atoms with Crippen molar-refractivity contribution in [2.24, 2.45) is 0 Å². The molecule has 0 saturated carbocycles. The Bertz CT molecular complexity index is 622. The molecular formula is C20H32N3O3+. The number of nitrogens with two attached hydrogens (primary N) is 1. The summed E-state index contributed by atoms with van der Waals surface area (Å²) in [5, 5.41) is 7.87. The first-order valence-corrected chi connectivity index (χ1v) is 9.32. The normalized spacial score (nSPS) is 18.8. The number of quaternary nitrogens is 1. The molecule has 2 amide bonds. The Labute approximate surface area is 156 Å². The fourth-order valence-electron chi connectivity index (χ4n) is 3.91. The van der Waals surface area contributed by atoms with Gasteiger partial charge in [0, 0.05) is 24.6 Å². The van der Waals surface area contributed by atoms with Crippen LogP contribution < -0.4 is 20.7 Å². The summed E-state index contributed by atoms with van der Waals surface area (Å²) in [4.78, 5) is 24.5. The number of amides is 2. The molecule has 1 heterocycles. The average Bonchev–Trinajstić information content (AvgIpc) is 2.51. The number of carbonyl (C=O) groups is 2. The number of hydrogen-bond acceptors (Lipinski definition) is 3. The molecule has 1 saturated heterocycles. The zero-order valence-electron chi connectivity index (χ0n) is 16.5. The minimum Gasteiger partial charge on any atom is -0.494 e. The molecule has 0 unspecified atom stereocenters. The number of anilines is 1. The lowest BCUT2D eigenvalue weighted by Gasteiger charge is -2.43. The first-order chi connectivity index (χ1) is 12.1. The molecule has 6 heteroatoms. The summed E-state index contributed by atoms with van der Waals surface area (Å²) in [7, 11) is 0. The van der Waals surface area contributed by atoms with Crippen LogP contribution in [0.1, 0.15) is 53.9 Å². The second-order valence-corrected chi connectivity index (χ2v) is 8.53. The molecule has 0 radical (unpaired) electrons. The predicted octanol–water partition coefficient (Wildman–Crippen LogP) is 1.81. The molecule has 2 rings (SSSR count). The lowest BCUT2D eigenvalue weighted by Crippen LogP contribution is -3.06. The molecular weight excluding hydrogens is 330 g/mol. The van der Waals surface area contributed by atoms with E-state index < -0.39 is 11.8 Å². The van der Waals surface area contributed by atoms with E-state index in [4.69, 9.17) is 4.74 Å². The van der Waals surface area contributed by atoms with Gasteiger partial charge in [0.1, 0.15) is 5.75 Å². The van der Waals surface area contributed by atoms with Gasteiger partial charge in [0.15, 0.2) is 0 Å². The van der Waals surface area contributed by atoms with E-state index in [0.717, 1.165) is 25.0 Å². The lowest BCUT2D eigenvalue weighted by atomic mass is 9.79. The van der Waals surface area contributed by atoms with Crippen LogP contribution in [0.3, 0.4) is 0 Å². The summed E-state index contributed by atoms with van der Waals surface area (Å²) in [5.41, 5.74) is 0.640. The quantitative estimate of drug-likeness (QED) is 0.699. The van der Waals surface area contributed by atoms with Gasteiger partial charge in [0.25, 0.3) is 0 Å². The Hall–Kier alpha value is -2.08. The van der Waals surface area contributed by atoms with Crippen molar-refractivity contribution in [1.29, 1.82) is 0 Å². The Morgan fingerprint density at radius 3 is 2.19 bits per heavy atom. The Morgan fingerprint density at radius 2 is 1.65 bits per heavy atom. The van der Waals surface area contributed by atoms with Gasteiger partial charge in [-0.2, -0.15) is 0 Å². The molecule has 1 aromatic rings. The summed E-state index contributed by atoms with van der Waals surface area (Å²) in [6, 6.07) is 7.03. The fourth-order valence-corrected chi connectivity index (χ4v) is 3.91. The van der Waals surface area contributed by atoms with Crippen LogP contribution in [0.2, 0.25) is 0 Å². The van der Waals surface area contributed by atoms with Gasteiger partial charge in [0.2, 0.25) is 0 Å². The highest BCUT2D eigenvalue weighted by atomic mass is 16.5. The number of benzene rings is 1.